The van der Waals surface area contributed by atoms with E-state index in [0.29, 0.717) is 0 Å². The first-order valence-corrected chi connectivity index (χ1v) is 10.5. The number of nitrogens with two attached hydrogens (primary N) is 1. The van der Waals surface area contributed by atoms with Crippen molar-refractivity contribution < 1.29 is 18.0 Å². The third-order valence-electron chi connectivity index (χ3n) is 3.51. The van der Waals surface area contributed by atoms with Crippen LogP contribution in [0.3, 0.4) is 0 Å². The highest BCUT2D eigenvalue weighted by Gasteiger charge is 2.14. The number of aliphatic imine (C=N–C) groups is 1. The minimum atomic E-state index is -3.76. The van der Waals surface area contributed by atoms with Crippen LogP contribution in [0, 0.1) is 0 Å². The van der Waals surface area contributed by atoms with Gasteiger partial charge in [-0.25, -0.2) is 18.5 Å². The maximum absolute atomic E-state index is 12.0. The summed E-state index contributed by atoms with van der Waals surface area (Å²) in [7, 11) is -0.483. The number of carbonyl (C=O) groups is 2. The summed E-state index contributed by atoms with van der Waals surface area (Å²) in [6, 6.07) is 5.98. The molecule has 0 fully saturated rings. The number of guanidine groups is 1. The predicted molar refractivity (Wildman–Crippen MR) is 127 cm³/mol. The van der Waals surface area contributed by atoms with Crippen molar-refractivity contribution in [1.29, 1.82) is 0 Å². The fourth-order valence-electron chi connectivity index (χ4n) is 2.07. The Bertz CT molecular complexity index is 848. The Kier molecular flexibility index (Phi) is 11.3. The number of amides is 2. The third kappa shape index (κ3) is 11.3. The van der Waals surface area contributed by atoms with Crippen LogP contribution in [-0.2, 0) is 26.2 Å². The lowest BCUT2D eigenvalue weighted by Gasteiger charge is -2.21. The molecule has 0 unspecified atom stereocenters. The van der Waals surface area contributed by atoms with Crippen molar-refractivity contribution in [3.63, 3.8) is 0 Å². The zero-order valence-corrected chi connectivity index (χ0v) is 21.0. The Morgan fingerprint density at radius 1 is 1.07 bits per heavy atom. The Hall–Kier alpha value is -1.93. The van der Waals surface area contributed by atoms with E-state index in [1.54, 1.807) is 26.2 Å². The molecule has 12 heteroatoms. The highest BCUT2D eigenvalue weighted by atomic mass is 127. The number of likely N-dealkylation sites (N-methyl/N-ethyl adjacent to an activating group) is 1. The van der Waals surface area contributed by atoms with E-state index < -0.39 is 10.0 Å². The minimum Gasteiger partial charge on any atom is -0.350 e. The number of primary sulfonamides is 1. The van der Waals surface area contributed by atoms with Crippen LogP contribution in [0.15, 0.2) is 34.2 Å². The first kappa shape index (κ1) is 28.1. The van der Waals surface area contributed by atoms with Crippen molar-refractivity contribution in [2.24, 2.45) is 10.1 Å². The van der Waals surface area contributed by atoms with E-state index in [0.717, 1.165) is 5.56 Å². The molecule has 0 aromatic heterocycles. The number of halogens is 1. The van der Waals surface area contributed by atoms with Gasteiger partial charge in [-0.05, 0) is 38.5 Å². The molecule has 0 atom stereocenters. The number of hydrogen-bond donors (Lipinski definition) is 4. The second-order valence-corrected chi connectivity index (χ2v) is 9.21. The first-order valence-electron chi connectivity index (χ1n) is 8.93. The van der Waals surface area contributed by atoms with Gasteiger partial charge in [0.25, 0.3) is 0 Å². The normalized spacial score (nSPS) is 11.9. The predicted octanol–water partition coefficient (Wildman–Crippen LogP) is -0.00990. The van der Waals surface area contributed by atoms with Crippen LogP contribution in [0.5, 0.6) is 0 Å². The molecular formula is C18H31IN6O4S. The molecule has 0 aliphatic carbocycles. The molecule has 0 spiro atoms. The molecule has 5 N–H and O–H groups in total. The summed E-state index contributed by atoms with van der Waals surface area (Å²) in [6.45, 7) is 5.81. The number of hydrogen-bond acceptors (Lipinski definition) is 5. The van der Waals surface area contributed by atoms with Crippen LogP contribution < -0.4 is 21.1 Å². The Morgan fingerprint density at radius 2 is 1.60 bits per heavy atom. The lowest BCUT2D eigenvalue weighted by Crippen LogP contribution is -2.49. The van der Waals surface area contributed by atoms with Gasteiger partial charge in [0, 0.05) is 19.6 Å². The molecule has 1 aromatic rings. The second kappa shape index (κ2) is 12.1. The van der Waals surface area contributed by atoms with Crippen LogP contribution in [0.25, 0.3) is 0 Å². The Balaban J connectivity index is 0.00000841. The van der Waals surface area contributed by atoms with Crippen molar-refractivity contribution in [3.05, 3.63) is 29.8 Å². The average molecular weight is 554 g/mol. The molecule has 0 saturated carbocycles. The fraction of sp³-hybridized carbons (Fsp3) is 0.500. The first-order chi connectivity index (χ1) is 13.3. The van der Waals surface area contributed by atoms with E-state index in [9.17, 15) is 18.0 Å². The summed E-state index contributed by atoms with van der Waals surface area (Å²) >= 11 is 0. The summed E-state index contributed by atoms with van der Waals surface area (Å²) in [6.07, 6.45) is 0. The van der Waals surface area contributed by atoms with E-state index in [4.69, 9.17) is 5.14 Å². The fourth-order valence-corrected chi connectivity index (χ4v) is 2.59. The van der Waals surface area contributed by atoms with Crippen molar-refractivity contribution in [2.75, 3.05) is 27.2 Å². The van der Waals surface area contributed by atoms with Gasteiger partial charge in [0.1, 0.15) is 0 Å². The smallest absolute Gasteiger partial charge is 0.241 e. The third-order valence-corrected chi connectivity index (χ3v) is 4.44. The van der Waals surface area contributed by atoms with Crippen molar-refractivity contribution in [3.8, 4) is 0 Å². The van der Waals surface area contributed by atoms with Crippen molar-refractivity contribution in [2.45, 2.75) is 37.8 Å². The van der Waals surface area contributed by atoms with Crippen molar-refractivity contribution in [1.82, 2.24) is 20.9 Å². The summed E-state index contributed by atoms with van der Waals surface area (Å²) in [4.78, 5) is 29.6. The monoisotopic (exact) mass is 554 g/mol. The lowest BCUT2D eigenvalue weighted by molar-refractivity contribution is -0.127. The number of nitrogens with one attached hydrogen (secondary N) is 3. The van der Waals surface area contributed by atoms with Gasteiger partial charge in [0.2, 0.25) is 21.8 Å². The van der Waals surface area contributed by atoms with Gasteiger partial charge < -0.3 is 20.9 Å². The molecule has 170 valence electrons. The van der Waals surface area contributed by atoms with Gasteiger partial charge in [-0.15, -0.1) is 24.0 Å². The number of nitrogens with zero attached hydrogens (tertiary/aromatic N) is 2. The van der Waals surface area contributed by atoms with Crippen LogP contribution in [0.4, 0.5) is 0 Å². The minimum absolute atomic E-state index is 0. The molecule has 0 heterocycles. The van der Waals surface area contributed by atoms with E-state index in [-0.39, 0.29) is 71.8 Å². The van der Waals surface area contributed by atoms with Crippen LogP contribution in [-0.4, -0.2) is 63.8 Å². The highest BCUT2D eigenvalue weighted by molar-refractivity contribution is 14.0. The largest absolute Gasteiger partial charge is 0.350 e. The zero-order valence-electron chi connectivity index (χ0n) is 17.9. The second-order valence-electron chi connectivity index (χ2n) is 7.65. The lowest BCUT2D eigenvalue weighted by atomic mass is 10.1. The van der Waals surface area contributed by atoms with Crippen LogP contribution >= 0.6 is 24.0 Å². The molecule has 10 nitrogen and oxygen atoms in total. The van der Waals surface area contributed by atoms with Gasteiger partial charge in [-0.3, -0.25) is 9.59 Å². The van der Waals surface area contributed by atoms with E-state index in [1.807, 2.05) is 20.8 Å². The summed E-state index contributed by atoms with van der Waals surface area (Å²) in [5.41, 5.74) is 0.367. The topological polar surface area (TPSA) is 146 Å². The Labute approximate surface area is 195 Å². The van der Waals surface area contributed by atoms with E-state index in [1.165, 1.54) is 17.0 Å². The van der Waals surface area contributed by atoms with Gasteiger partial charge in [0.05, 0.1) is 24.5 Å². The number of benzene rings is 1. The zero-order chi connectivity index (χ0) is 22.2. The maximum atomic E-state index is 12.0. The molecule has 2 amide bonds. The molecule has 0 aliphatic heterocycles. The standard InChI is InChI=1S/C18H30N6O4S.HI/c1-18(2,3)23-15(25)11-21-17(22-12-16(26)24(4)5)20-10-13-6-8-14(9-7-13)29(19,27)28;/h6-9H,10-12H2,1-5H3,(H,23,25)(H2,19,27,28)(H2,20,21,22);1H. The molecule has 30 heavy (non-hydrogen) atoms. The maximum Gasteiger partial charge on any atom is 0.241 e. The summed E-state index contributed by atoms with van der Waals surface area (Å²) in [5, 5.41) is 13.7. The molecule has 0 radical (unpaired) electrons. The average Bonchev–Trinajstić information content (AvgIpc) is 2.58. The molecule has 0 bridgehead atoms. The SMILES string of the molecule is CN(C)C(=O)CNC(=NCc1ccc(S(N)(=O)=O)cc1)NCC(=O)NC(C)(C)C.I. The number of carbonyl (C=O) groups excluding carboxylic acids is 2. The van der Waals surface area contributed by atoms with Gasteiger partial charge in [-0.2, -0.15) is 0 Å². The quantitative estimate of drug-likeness (QED) is 0.212. The summed E-state index contributed by atoms with van der Waals surface area (Å²) < 4.78 is 22.6. The molecule has 0 aliphatic rings. The number of rotatable bonds is 7. The van der Waals surface area contributed by atoms with Crippen LogP contribution in [0.2, 0.25) is 0 Å². The Morgan fingerprint density at radius 3 is 2.07 bits per heavy atom. The van der Waals surface area contributed by atoms with Gasteiger partial charge >= 0.3 is 0 Å². The molecular weight excluding hydrogens is 523 g/mol. The van der Waals surface area contributed by atoms with Crippen LogP contribution in [0.1, 0.15) is 26.3 Å². The van der Waals surface area contributed by atoms with Gasteiger partial charge in [-0.1, -0.05) is 12.1 Å². The van der Waals surface area contributed by atoms with Crippen molar-refractivity contribution >= 4 is 51.8 Å². The highest BCUT2D eigenvalue weighted by Crippen LogP contribution is 2.09. The molecule has 1 aromatic carbocycles. The van der Waals surface area contributed by atoms with E-state index >= 15 is 0 Å². The molecule has 0 saturated heterocycles. The molecule has 1 rings (SSSR count). The van der Waals surface area contributed by atoms with Gasteiger partial charge in [0.15, 0.2) is 5.96 Å². The van der Waals surface area contributed by atoms with E-state index in [2.05, 4.69) is 20.9 Å². The number of sulfonamides is 1. The summed E-state index contributed by atoms with van der Waals surface area (Å²) in [5.74, 6) is -0.0978.